The van der Waals surface area contributed by atoms with Gasteiger partial charge in [0.1, 0.15) is 11.3 Å². The van der Waals surface area contributed by atoms with Gasteiger partial charge in [0, 0.05) is 6.07 Å². The maximum Gasteiger partial charge on any atom is 0.341 e. The van der Waals surface area contributed by atoms with Crippen molar-refractivity contribution in [2.45, 2.75) is 0 Å². The average Bonchev–Trinajstić information content (AvgIpc) is 2.10. The van der Waals surface area contributed by atoms with Crippen molar-refractivity contribution < 1.29 is 19.0 Å². The van der Waals surface area contributed by atoms with Gasteiger partial charge in [-0.1, -0.05) is 0 Å². The fraction of sp³-hybridized carbons (Fsp3) is 0.125. The number of esters is 1. The van der Waals surface area contributed by atoms with Gasteiger partial charge in [-0.15, -0.1) is 0 Å². The quantitative estimate of drug-likeness (QED) is 0.503. The largest absolute Gasteiger partial charge is 0.508 e. The molecule has 0 fully saturated rings. The van der Waals surface area contributed by atoms with Crippen LogP contribution in [0.25, 0.3) is 0 Å². The predicted molar refractivity (Wildman–Crippen MR) is 43.8 cm³/mol. The summed E-state index contributed by atoms with van der Waals surface area (Å²) in [5.41, 5.74) is 4.50. The minimum absolute atomic E-state index is 0.278. The number of aromatic hydroxyl groups is 1. The van der Waals surface area contributed by atoms with Crippen LogP contribution in [0.3, 0.4) is 0 Å². The summed E-state index contributed by atoms with van der Waals surface area (Å²) >= 11 is 0. The van der Waals surface area contributed by atoms with Crippen molar-refractivity contribution in [3.8, 4) is 5.75 Å². The third kappa shape index (κ3) is 1.69. The topological polar surface area (TPSA) is 72.5 Å². The molecule has 1 rings (SSSR count). The molecule has 0 aliphatic carbocycles. The first-order valence-corrected chi connectivity index (χ1v) is 3.42. The first-order valence-electron chi connectivity index (χ1n) is 3.42. The number of phenolic OH excluding ortho intramolecular Hbond substituents is 1. The number of hydrogen-bond acceptors (Lipinski definition) is 4. The number of methoxy groups -OCH3 is 1. The highest BCUT2D eigenvalue weighted by atomic mass is 19.1. The molecule has 5 heteroatoms. The van der Waals surface area contributed by atoms with Crippen molar-refractivity contribution in [2.24, 2.45) is 0 Å². The molecule has 0 saturated heterocycles. The third-order valence-corrected chi connectivity index (χ3v) is 1.49. The van der Waals surface area contributed by atoms with E-state index in [0.29, 0.717) is 0 Å². The Morgan fingerprint density at radius 3 is 2.77 bits per heavy atom. The normalized spacial score (nSPS) is 9.69. The highest BCUT2D eigenvalue weighted by molar-refractivity contribution is 5.91. The number of rotatable bonds is 1. The SMILES string of the molecule is COC(=O)c1cc(O)cc(N)c1F. The first kappa shape index (κ1) is 9.31. The van der Waals surface area contributed by atoms with Gasteiger partial charge in [-0.05, 0) is 6.07 Å². The number of nitrogens with two attached hydrogens (primary N) is 1. The second-order valence-electron chi connectivity index (χ2n) is 2.39. The summed E-state index contributed by atoms with van der Waals surface area (Å²) in [6.45, 7) is 0. The molecule has 13 heavy (non-hydrogen) atoms. The number of ether oxygens (including phenoxy) is 1. The van der Waals surface area contributed by atoms with E-state index >= 15 is 0 Å². The van der Waals surface area contributed by atoms with Crippen LogP contribution in [0.4, 0.5) is 10.1 Å². The molecule has 0 spiro atoms. The third-order valence-electron chi connectivity index (χ3n) is 1.49. The number of hydrogen-bond donors (Lipinski definition) is 2. The van der Waals surface area contributed by atoms with Crippen LogP contribution in [0.1, 0.15) is 10.4 Å². The van der Waals surface area contributed by atoms with Gasteiger partial charge in [-0.3, -0.25) is 0 Å². The monoisotopic (exact) mass is 185 g/mol. The van der Waals surface area contributed by atoms with Crippen LogP contribution in [-0.2, 0) is 4.74 Å². The van der Waals surface area contributed by atoms with Gasteiger partial charge in [-0.2, -0.15) is 0 Å². The molecule has 0 aliphatic rings. The maximum atomic E-state index is 13.1. The van der Waals surface area contributed by atoms with Crippen molar-refractivity contribution in [1.29, 1.82) is 0 Å². The average molecular weight is 185 g/mol. The van der Waals surface area contributed by atoms with E-state index in [1.54, 1.807) is 0 Å². The van der Waals surface area contributed by atoms with Gasteiger partial charge >= 0.3 is 5.97 Å². The lowest BCUT2D eigenvalue weighted by atomic mass is 10.2. The van der Waals surface area contributed by atoms with Crippen molar-refractivity contribution in [1.82, 2.24) is 0 Å². The number of carbonyl (C=O) groups is 1. The molecule has 0 amide bonds. The summed E-state index contributed by atoms with van der Waals surface area (Å²) in [5, 5.41) is 9.01. The van der Waals surface area contributed by atoms with Crippen LogP contribution < -0.4 is 5.73 Å². The molecule has 0 saturated carbocycles. The van der Waals surface area contributed by atoms with Gasteiger partial charge in [-0.25, -0.2) is 9.18 Å². The molecule has 70 valence electrons. The summed E-state index contributed by atoms with van der Waals surface area (Å²) in [5.74, 6) is -2.04. The molecular formula is C8H8FNO3. The number of halogens is 1. The molecule has 3 N–H and O–H groups in total. The van der Waals surface area contributed by atoms with Crippen LogP contribution in [0.2, 0.25) is 0 Å². The highest BCUT2D eigenvalue weighted by Crippen LogP contribution is 2.22. The summed E-state index contributed by atoms with van der Waals surface area (Å²) in [4.78, 5) is 10.9. The second-order valence-corrected chi connectivity index (χ2v) is 2.39. The van der Waals surface area contributed by atoms with E-state index in [1.165, 1.54) is 0 Å². The molecule has 0 heterocycles. The molecule has 1 aromatic rings. The second kappa shape index (κ2) is 3.30. The molecule has 1 aromatic carbocycles. The van der Waals surface area contributed by atoms with Gasteiger partial charge in [0.2, 0.25) is 0 Å². The Kier molecular flexibility index (Phi) is 2.36. The molecule has 4 nitrogen and oxygen atoms in total. The summed E-state index contributed by atoms with van der Waals surface area (Å²) in [6, 6.07) is 1.97. The van der Waals surface area contributed by atoms with E-state index in [0.717, 1.165) is 19.2 Å². The van der Waals surface area contributed by atoms with E-state index in [9.17, 15) is 9.18 Å². The van der Waals surface area contributed by atoms with Gasteiger partial charge < -0.3 is 15.6 Å². The van der Waals surface area contributed by atoms with Crippen molar-refractivity contribution in [3.63, 3.8) is 0 Å². The van der Waals surface area contributed by atoms with E-state index in [1.807, 2.05) is 0 Å². The Bertz CT molecular complexity index is 351. The Morgan fingerprint density at radius 1 is 1.62 bits per heavy atom. The number of phenols is 1. The highest BCUT2D eigenvalue weighted by Gasteiger charge is 2.15. The molecule has 0 aromatic heterocycles. The minimum atomic E-state index is -0.885. The lowest BCUT2D eigenvalue weighted by Gasteiger charge is -2.04. The van der Waals surface area contributed by atoms with Crippen LogP contribution in [0.5, 0.6) is 5.75 Å². The Morgan fingerprint density at radius 2 is 2.23 bits per heavy atom. The van der Waals surface area contributed by atoms with E-state index in [2.05, 4.69) is 4.74 Å². The number of anilines is 1. The number of carbonyl (C=O) groups excluding carboxylic acids is 1. The Hall–Kier alpha value is -1.78. The van der Waals surface area contributed by atoms with E-state index in [-0.39, 0.29) is 17.0 Å². The fourth-order valence-electron chi connectivity index (χ4n) is 0.890. The molecule has 0 bridgehead atoms. The molecule has 0 aliphatic heterocycles. The van der Waals surface area contributed by atoms with Crippen LogP contribution in [0, 0.1) is 5.82 Å². The number of nitrogen functional groups attached to an aromatic ring is 1. The van der Waals surface area contributed by atoms with Crippen LogP contribution in [0.15, 0.2) is 12.1 Å². The lowest BCUT2D eigenvalue weighted by Crippen LogP contribution is -2.06. The Balaban J connectivity index is 3.28. The van der Waals surface area contributed by atoms with E-state index < -0.39 is 11.8 Å². The lowest BCUT2D eigenvalue weighted by molar-refractivity contribution is 0.0595. The summed E-state index contributed by atoms with van der Waals surface area (Å²) < 4.78 is 17.4. The zero-order valence-corrected chi connectivity index (χ0v) is 6.87. The number of benzene rings is 1. The van der Waals surface area contributed by atoms with Gasteiger partial charge in [0.05, 0.1) is 12.8 Å². The standard InChI is InChI=1S/C8H8FNO3/c1-13-8(12)5-2-4(11)3-6(10)7(5)9/h2-3,11H,10H2,1H3. The zero-order chi connectivity index (χ0) is 10.0. The van der Waals surface area contributed by atoms with Crippen molar-refractivity contribution in [2.75, 3.05) is 12.8 Å². The van der Waals surface area contributed by atoms with Crippen LogP contribution in [-0.4, -0.2) is 18.2 Å². The van der Waals surface area contributed by atoms with Gasteiger partial charge in [0.15, 0.2) is 5.82 Å². The zero-order valence-electron chi connectivity index (χ0n) is 6.87. The minimum Gasteiger partial charge on any atom is -0.508 e. The fourth-order valence-corrected chi connectivity index (χ4v) is 0.890. The molecule has 0 atom stereocenters. The molecule has 0 radical (unpaired) electrons. The maximum absolute atomic E-state index is 13.1. The molecule has 0 unspecified atom stereocenters. The van der Waals surface area contributed by atoms with Crippen molar-refractivity contribution in [3.05, 3.63) is 23.5 Å². The molecular weight excluding hydrogens is 177 g/mol. The van der Waals surface area contributed by atoms with Crippen molar-refractivity contribution >= 4 is 11.7 Å². The smallest absolute Gasteiger partial charge is 0.341 e. The summed E-state index contributed by atoms with van der Waals surface area (Å²) in [6.07, 6.45) is 0. The Labute approximate surface area is 73.7 Å². The predicted octanol–water partition coefficient (Wildman–Crippen LogP) is 0.900. The van der Waals surface area contributed by atoms with Gasteiger partial charge in [0.25, 0.3) is 0 Å². The first-order chi connectivity index (χ1) is 6.06. The van der Waals surface area contributed by atoms with Crippen LogP contribution >= 0.6 is 0 Å². The van der Waals surface area contributed by atoms with E-state index in [4.69, 9.17) is 10.8 Å². The summed E-state index contributed by atoms with van der Waals surface area (Å²) in [7, 11) is 1.11.